The molecule has 4 nitrogen and oxygen atoms in total. The zero-order valence-electron chi connectivity index (χ0n) is 16.9. The van der Waals surface area contributed by atoms with E-state index < -0.39 is 0 Å². The second kappa shape index (κ2) is 7.01. The number of rotatable bonds is 2. The summed E-state index contributed by atoms with van der Waals surface area (Å²) in [7, 11) is -0.150. The van der Waals surface area contributed by atoms with Gasteiger partial charge in [0.1, 0.15) is 11.2 Å². The largest absolute Gasteiger partial charge is 0.421 e. The van der Waals surface area contributed by atoms with Gasteiger partial charge in [0.05, 0.1) is 13.2 Å². The molecular weight excluding hydrogens is 359 g/mol. The van der Waals surface area contributed by atoms with Gasteiger partial charge in [-0.05, 0) is 46.2 Å². The number of benzene rings is 2. The molecule has 0 aliphatic heterocycles. The lowest BCUT2D eigenvalue weighted by atomic mass is 9.83. The normalized spacial score (nSPS) is 12.7. The van der Waals surface area contributed by atoms with E-state index in [1.54, 1.807) is 0 Å². The average Bonchev–Trinajstić information content (AvgIpc) is 2.77. The van der Waals surface area contributed by atoms with Crippen LogP contribution in [0.15, 0.2) is 32.7 Å². The van der Waals surface area contributed by atoms with Gasteiger partial charge in [0, 0.05) is 21.9 Å². The molecule has 3 aromatic rings. The van der Waals surface area contributed by atoms with Crippen LogP contribution in [0.2, 0.25) is 0 Å². The summed E-state index contributed by atoms with van der Waals surface area (Å²) in [5.74, 6) is 0. The minimum atomic E-state index is -0.150. The van der Waals surface area contributed by atoms with Gasteiger partial charge >= 0.3 is 0 Å². The van der Waals surface area contributed by atoms with E-state index in [9.17, 15) is 10.2 Å². The van der Waals surface area contributed by atoms with Gasteiger partial charge in [0.2, 0.25) is 8.67 Å². The van der Waals surface area contributed by atoms with Crippen molar-refractivity contribution in [3.05, 3.63) is 46.5 Å². The third-order valence-corrected chi connectivity index (χ3v) is 5.43. The molecule has 0 aliphatic rings. The molecule has 0 atom stereocenters. The molecule has 146 valence electrons. The number of aliphatic hydroxyl groups excluding tert-OH is 2. The molecule has 0 radical (unpaired) electrons. The lowest BCUT2D eigenvalue weighted by Gasteiger charge is -2.22. The lowest BCUT2D eigenvalue weighted by molar-refractivity contribution is 0.281. The first kappa shape index (κ1) is 20.0. The van der Waals surface area contributed by atoms with Crippen LogP contribution in [0.3, 0.4) is 0 Å². The predicted octanol–water partition coefficient (Wildman–Crippen LogP) is 5.91. The first-order chi connectivity index (χ1) is 12.6. The van der Waals surface area contributed by atoms with E-state index in [1.807, 2.05) is 24.3 Å². The zero-order chi connectivity index (χ0) is 20.0. The van der Waals surface area contributed by atoms with Crippen molar-refractivity contribution in [1.29, 1.82) is 0 Å². The maximum atomic E-state index is 9.82. The Labute approximate surface area is 161 Å². The van der Waals surface area contributed by atoms with Gasteiger partial charge in [-0.1, -0.05) is 41.5 Å². The van der Waals surface area contributed by atoms with Gasteiger partial charge in [-0.3, -0.25) is 0 Å². The van der Waals surface area contributed by atoms with E-state index in [1.165, 1.54) is 0 Å². The molecule has 5 heteroatoms. The van der Waals surface area contributed by atoms with E-state index in [0.717, 1.165) is 44.2 Å². The molecule has 0 spiro atoms. The second-order valence-electron chi connectivity index (χ2n) is 9.14. The van der Waals surface area contributed by atoms with Gasteiger partial charge in [-0.2, -0.15) is 0 Å². The van der Waals surface area contributed by atoms with Crippen LogP contribution in [0.25, 0.3) is 21.9 Å². The van der Waals surface area contributed by atoms with Crippen LogP contribution >= 0.6 is 8.67 Å². The lowest BCUT2D eigenvalue weighted by Crippen LogP contribution is -2.13. The number of aliphatic hydroxyl groups is 2. The van der Waals surface area contributed by atoms with E-state index >= 15 is 0 Å². The fourth-order valence-corrected chi connectivity index (χ4v) is 4.05. The fourth-order valence-electron chi connectivity index (χ4n) is 3.40. The zero-order valence-corrected chi connectivity index (χ0v) is 17.9. The van der Waals surface area contributed by atoms with Gasteiger partial charge in [-0.15, -0.1) is 0 Å². The molecule has 0 aliphatic carbocycles. The third kappa shape index (κ3) is 3.80. The molecule has 27 heavy (non-hydrogen) atoms. The Kier molecular flexibility index (Phi) is 5.20. The first-order valence-corrected chi connectivity index (χ1v) is 10.0. The van der Waals surface area contributed by atoms with Crippen molar-refractivity contribution in [2.75, 3.05) is 0 Å². The molecule has 0 fully saturated rings. The molecule has 0 saturated carbocycles. The van der Waals surface area contributed by atoms with Crippen molar-refractivity contribution in [3.8, 4) is 0 Å². The van der Waals surface area contributed by atoms with Gasteiger partial charge in [-0.25, -0.2) is 0 Å². The van der Waals surface area contributed by atoms with Crippen molar-refractivity contribution in [1.82, 2.24) is 0 Å². The Balaban J connectivity index is 2.61. The monoisotopic (exact) mass is 388 g/mol. The highest BCUT2D eigenvalue weighted by Crippen LogP contribution is 2.39. The summed E-state index contributed by atoms with van der Waals surface area (Å²) in [4.78, 5) is 0. The van der Waals surface area contributed by atoms with Crippen LogP contribution in [-0.4, -0.2) is 10.2 Å². The maximum Gasteiger partial charge on any atom is 0.201 e. The van der Waals surface area contributed by atoms with Crippen LogP contribution in [0, 0.1) is 0 Å². The molecule has 0 amide bonds. The molecule has 3 rings (SSSR count). The molecular formula is C22H29O4P. The Morgan fingerprint density at radius 1 is 0.704 bits per heavy atom. The molecule has 2 aromatic carbocycles. The van der Waals surface area contributed by atoms with E-state index in [4.69, 9.17) is 8.39 Å². The maximum absolute atomic E-state index is 9.82. The summed E-state index contributed by atoms with van der Waals surface area (Å²) in [6.07, 6.45) is 0. The van der Waals surface area contributed by atoms with Crippen molar-refractivity contribution < 1.29 is 18.6 Å². The molecule has 0 unspecified atom stereocenters. The summed E-state index contributed by atoms with van der Waals surface area (Å²) in [5, 5.41) is 21.5. The first-order valence-electron chi connectivity index (χ1n) is 9.22. The minimum absolute atomic E-state index is 0.0410. The Morgan fingerprint density at radius 2 is 1.07 bits per heavy atom. The minimum Gasteiger partial charge on any atom is -0.421 e. The average molecular weight is 388 g/mol. The van der Waals surface area contributed by atoms with E-state index in [2.05, 4.69) is 41.5 Å². The highest BCUT2D eigenvalue weighted by molar-refractivity contribution is 7.15. The van der Waals surface area contributed by atoms with Crippen LogP contribution in [0.5, 0.6) is 0 Å². The van der Waals surface area contributed by atoms with Crippen LogP contribution in [0.4, 0.5) is 0 Å². The van der Waals surface area contributed by atoms with Crippen molar-refractivity contribution in [2.45, 2.75) is 65.6 Å². The van der Waals surface area contributed by atoms with Crippen LogP contribution in [0.1, 0.15) is 63.8 Å². The topological polar surface area (TPSA) is 66.7 Å². The fraction of sp³-hybridized carbons (Fsp3) is 0.455. The van der Waals surface area contributed by atoms with E-state index in [-0.39, 0.29) is 32.7 Å². The standard InChI is InChI=1S/C22H29O4P/c1-21(2,3)17-9-13(11-23)7-15-16-8-14(12-24)10-18(22(4,5)6)20(16)26-27-25-19(15)17/h7-10,23-24,27H,11-12H2,1-6H3. The smallest absolute Gasteiger partial charge is 0.201 e. The highest BCUT2D eigenvalue weighted by Gasteiger charge is 2.23. The Hall–Kier alpha value is -1.74. The quantitative estimate of drug-likeness (QED) is 0.572. The van der Waals surface area contributed by atoms with Gasteiger partial charge in [0.25, 0.3) is 0 Å². The number of fused-ring (bicyclic) bond motifs is 3. The molecule has 1 aromatic heterocycles. The molecule has 0 bridgehead atoms. The van der Waals surface area contributed by atoms with Gasteiger partial charge in [0.15, 0.2) is 0 Å². The summed E-state index contributed by atoms with van der Waals surface area (Å²) >= 11 is 0. The third-order valence-electron chi connectivity index (χ3n) is 4.86. The van der Waals surface area contributed by atoms with Crippen LogP contribution < -0.4 is 0 Å². The second-order valence-corrected chi connectivity index (χ2v) is 9.72. The van der Waals surface area contributed by atoms with Crippen molar-refractivity contribution in [2.24, 2.45) is 0 Å². The van der Waals surface area contributed by atoms with Gasteiger partial charge < -0.3 is 18.6 Å². The molecule has 1 heterocycles. The number of hydrogen-bond acceptors (Lipinski definition) is 4. The number of hydrogen-bond donors (Lipinski definition) is 2. The summed E-state index contributed by atoms with van der Waals surface area (Å²) in [5.41, 5.74) is 5.06. The predicted molar refractivity (Wildman–Crippen MR) is 112 cm³/mol. The summed E-state index contributed by atoms with van der Waals surface area (Å²) in [6, 6.07) is 7.95. The Bertz CT molecular complexity index is 939. The SMILES string of the molecule is CC(C)(C)c1cc(CO)cc2c1o[pH]oc1c(C(C)(C)C)cc(CO)cc12. The Morgan fingerprint density at radius 3 is 1.37 bits per heavy atom. The van der Waals surface area contributed by atoms with Crippen molar-refractivity contribution >= 4 is 30.6 Å². The van der Waals surface area contributed by atoms with Crippen molar-refractivity contribution in [3.63, 3.8) is 0 Å². The van der Waals surface area contributed by atoms with Crippen LogP contribution in [-0.2, 0) is 24.0 Å². The van der Waals surface area contributed by atoms with E-state index in [0.29, 0.717) is 0 Å². The molecule has 0 saturated heterocycles. The highest BCUT2D eigenvalue weighted by atomic mass is 31.1. The summed E-state index contributed by atoms with van der Waals surface area (Å²) < 4.78 is 12.2. The molecule has 2 N–H and O–H groups in total. The summed E-state index contributed by atoms with van der Waals surface area (Å²) in [6.45, 7) is 12.7.